The van der Waals surface area contributed by atoms with Crippen LogP contribution >= 0.6 is 11.6 Å². The average Bonchev–Trinajstić information content (AvgIpc) is 3.64. The van der Waals surface area contributed by atoms with Gasteiger partial charge in [0.2, 0.25) is 0 Å². The zero-order valence-corrected chi connectivity index (χ0v) is 32.2. The third kappa shape index (κ3) is 8.45. The second kappa shape index (κ2) is 16.6. The van der Waals surface area contributed by atoms with Crippen molar-refractivity contribution in [2.45, 2.75) is 77.6 Å². The van der Waals surface area contributed by atoms with Crippen LogP contribution in [0.25, 0.3) is 33.4 Å². The van der Waals surface area contributed by atoms with Gasteiger partial charge in [-0.2, -0.15) is 0 Å². The number of benzene rings is 2. The van der Waals surface area contributed by atoms with Gasteiger partial charge in [-0.25, -0.2) is 23.7 Å². The lowest BCUT2D eigenvalue weighted by molar-refractivity contribution is -0.143. The minimum absolute atomic E-state index is 0.182. The number of carboxylic acid groups (broad SMARTS) is 1. The van der Waals surface area contributed by atoms with E-state index in [0.29, 0.717) is 59.4 Å². The molecule has 4 heterocycles. The Bertz CT molecular complexity index is 2200. The van der Waals surface area contributed by atoms with Crippen molar-refractivity contribution in [3.8, 4) is 22.4 Å². The summed E-state index contributed by atoms with van der Waals surface area (Å²) in [5.74, 6) is -1.34. The van der Waals surface area contributed by atoms with Gasteiger partial charge in [0.05, 0.1) is 45.8 Å². The first-order chi connectivity index (χ1) is 26.5. The maximum Gasteiger partial charge on any atom is 0.306 e. The molecular weight excluding hydrogens is 726 g/mol. The van der Waals surface area contributed by atoms with Gasteiger partial charge in [0, 0.05) is 62.3 Å². The predicted molar refractivity (Wildman–Crippen MR) is 209 cm³/mol. The Morgan fingerprint density at radius 2 is 1.76 bits per heavy atom. The molecule has 1 aliphatic carbocycles. The summed E-state index contributed by atoms with van der Waals surface area (Å²) in [7, 11) is 3.77. The van der Waals surface area contributed by atoms with Crippen LogP contribution in [0.2, 0.25) is 5.02 Å². The predicted octanol–water partition coefficient (Wildman–Crippen LogP) is 8.40. The summed E-state index contributed by atoms with van der Waals surface area (Å²) >= 11 is 7.14. The number of aliphatic carboxylic acids is 1. The van der Waals surface area contributed by atoms with Crippen LogP contribution < -0.4 is 5.32 Å². The zero-order valence-electron chi connectivity index (χ0n) is 31.4. The molecule has 2 N–H and O–H groups in total. The molecule has 55 heavy (non-hydrogen) atoms. The fourth-order valence-electron chi connectivity index (χ4n) is 7.79. The lowest BCUT2D eigenvalue weighted by Gasteiger charge is -2.33. The van der Waals surface area contributed by atoms with Crippen LogP contribution in [0, 0.1) is 19.8 Å². The zero-order chi connectivity index (χ0) is 38.8. The van der Waals surface area contributed by atoms with E-state index in [9.17, 15) is 18.7 Å². The molecule has 0 spiro atoms. The van der Waals surface area contributed by atoms with E-state index < -0.39 is 18.2 Å². The summed E-state index contributed by atoms with van der Waals surface area (Å²) in [6, 6.07) is 13.6. The molecule has 0 unspecified atom stereocenters. The number of anilines is 2. The second-order valence-corrected chi connectivity index (χ2v) is 15.0. The van der Waals surface area contributed by atoms with Gasteiger partial charge in [-0.15, -0.1) is 0 Å². The Kier molecular flexibility index (Phi) is 11.6. The quantitative estimate of drug-likeness (QED) is 0.127. The monoisotopic (exact) mass is 770 g/mol. The van der Waals surface area contributed by atoms with E-state index >= 15 is 0 Å². The third-order valence-electron chi connectivity index (χ3n) is 11.0. The van der Waals surface area contributed by atoms with Gasteiger partial charge < -0.3 is 15.2 Å². The van der Waals surface area contributed by atoms with Crippen LogP contribution in [-0.4, -0.2) is 85.2 Å². The molecule has 1 saturated heterocycles. The smallest absolute Gasteiger partial charge is 0.306 e. The van der Waals surface area contributed by atoms with E-state index in [1.165, 1.54) is 0 Å². The van der Waals surface area contributed by atoms with Crippen molar-refractivity contribution in [3.63, 3.8) is 0 Å². The van der Waals surface area contributed by atoms with Gasteiger partial charge in [0.1, 0.15) is 5.52 Å². The van der Waals surface area contributed by atoms with E-state index in [-0.39, 0.29) is 17.8 Å². The molecule has 1 aliphatic heterocycles. The standard InChI is InChI=1S/C41H45ClF2N8O3/c1-23-29(30-8-5-9-31(36(30)42)34-19-45-35(24(2)47-34)22-51(3)27-13-11-26(12-14-27)41(53)54)7-6-10-32(23)48-39-37-33(49-40(50-39)38(43)44)17-25(18-46-37)20-52-16-15-28(21-52)55-4/h5-10,17-19,26-28,38H,11-16,20-22H2,1-4H3,(H,53,54)(H,48,49,50)/t26?,27?,28-/m1/s1. The Morgan fingerprint density at radius 1 is 1.02 bits per heavy atom. The van der Waals surface area contributed by atoms with Crippen LogP contribution in [-0.2, 0) is 22.6 Å². The molecule has 5 aromatic rings. The molecular formula is C41H45ClF2N8O3. The number of carbonyl (C=O) groups is 1. The molecule has 0 bridgehead atoms. The number of methoxy groups -OCH3 is 1. The summed E-state index contributed by atoms with van der Waals surface area (Å²) in [6.07, 6.45) is 4.81. The highest BCUT2D eigenvalue weighted by Gasteiger charge is 2.29. The highest BCUT2D eigenvalue weighted by molar-refractivity contribution is 6.36. The van der Waals surface area contributed by atoms with Crippen molar-refractivity contribution >= 4 is 40.1 Å². The first kappa shape index (κ1) is 38.6. The Labute approximate surface area is 324 Å². The fourth-order valence-corrected chi connectivity index (χ4v) is 8.11. The molecule has 1 atom stereocenters. The number of aryl methyl sites for hydroxylation is 1. The second-order valence-electron chi connectivity index (χ2n) is 14.6. The molecule has 7 rings (SSSR count). The first-order valence-corrected chi connectivity index (χ1v) is 19.0. The van der Waals surface area contributed by atoms with E-state index in [1.54, 1.807) is 25.6 Å². The lowest BCUT2D eigenvalue weighted by atomic mass is 9.85. The number of alkyl halides is 2. The lowest BCUT2D eigenvalue weighted by Crippen LogP contribution is -2.36. The number of hydrogen-bond acceptors (Lipinski definition) is 10. The average molecular weight is 771 g/mol. The number of aromatic nitrogens is 5. The number of likely N-dealkylation sites (tertiary alicyclic amines) is 1. The highest BCUT2D eigenvalue weighted by Crippen LogP contribution is 2.40. The Hall–Kier alpha value is -4.69. The molecule has 288 valence electrons. The van der Waals surface area contributed by atoms with Crippen molar-refractivity contribution in [1.82, 2.24) is 34.7 Å². The number of nitrogens with zero attached hydrogens (tertiary/aromatic N) is 7. The topological polar surface area (TPSA) is 129 Å². The van der Waals surface area contributed by atoms with Gasteiger partial charge in [-0.05, 0) is 81.8 Å². The SMILES string of the molecule is CO[C@@H]1CCN(Cc2cnc3c(Nc4cccc(-c5cccc(-c6cnc(CN(C)C7CCC(C(=O)O)CC7)c(C)n6)c5Cl)c4C)nc(C(F)F)nc3c2)C1. The van der Waals surface area contributed by atoms with Crippen LogP contribution in [0.1, 0.15) is 66.9 Å². The van der Waals surface area contributed by atoms with Crippen molar-refractivity contribution in [2.75, 3.05) is 32.6 Å². The van der Waals surface area contributed by atoms with Crippen LogP contribution in [0.4, 0.5) is 20.3 Å². The molecule has 0 radical (unpaired) electrons. The number of ether oxygens (including phenoxy) is 1. The fraction of sp³-hybridized carbons (Fsp3) is 0.415. The number of carboxylic acids is 1. The van der Waals surface area contributed by atoms with Crippen LogP contribution in [0.5, 0.6) is 0 Å². The van der Waals surface area contributed by atoms with Gasteiger partial charge in [-0.3, -0.25) is 24.6 Å². The molecule has 2 fully saturated rings. The number of pyridine rings is 1. The van der Waals surface area contributed by atoms with E-state index in [0.717, 1.165) is 71.6 Å². The minimum Gasteiger partial charge on any atom is -0.481 e. The molecule has 3 aromatic heterocycles. The highest BCUT2D eigenvalue weighted by atomic mass is 35.5. The van der Waals surface area contributed by atoms with Gasteiger partial charge in [0.15, 0.2) is 11.6 Å². The number of fused-ring (bicyclic) bond motifs is 1. The summed E-state index contributed by atoms with van der Waals surface area (Å²) < 4.78 is 33.7. The summed E-state index contributed by atoms with van der Waals surface area (Å²) in [4.78, 5) is 38.6. The minimum atomic E-state index is -2.87. The first-order valence-electron chi connectivity index (χ1n) is 18.6. The molecule has 2 aromatic carbocycles. The van der Waals surface area contributed by atoms with Crippen molar-refractivity contribution in [1.29, 1.82) is 0 Å². The molecule has 0 amide bonds. The number of hydrogen-bond donors (Lipinski definition) is 2. The van der Waals surface area contributed by atoms with Crippen molar-refractivity contribution in [3.05, 3.63) is 88.2 Å². The largest absolute Gasteiger partial charge is 0.481 e. The van der Waals surface area contributed by atoms with E-state index in [4.69, 9.17) is 26.3 Å². The number of halogens is 3. The van der Waals surface area contributed by atoms with Gasteiger partial charge in [-0.1, -0.05) is 41.9 Å². The van der Waals surface area contributed by atoms with Crippen molar-refractivity contribution in [2.24, 2.45) is 5.92 Å². The van der Waals surface area contributed by atoms with Gasteiger partial charge in [0.25, 0.3) is 6.43 Å². The number of nitrogens with one attached hydrogen (secondary N) is 1. The van der Waals surface area contributed by atoms with E-state index in [2.05, 4.69) is 37.1 Å². The Balaban J connectivity index is 1.12. The molecule has 2 aliphatic rings. The molecule has 14 heteroatoms. The van der Waals surface area contributed by atoms with Crippen LogP contribution in [0.15, 0.2) is 54.9 Å². The normalized spacial score (nSPS) is 19.1. The maximum atomic E-state index is 14.1. The Morgan fingerprint density at radius 3 is 2.47 bits per heavy atom. The molecule has 1 saturated carbocycles. The summed E-state index contributed by atoms with van der Waals surface area (Å²) in [6.45, 7) is 6.79. The van der Waals surface area contributed by atoms with Crippen LogP contribution in [0.3, 0.4) is 0 Å². The summed E-state index contributed by atoms with van der Waals surface area (Å²) in [5, 5.41) is 13.2. The van der Waals surface area contributed by atoms with E-state index in [1.807, 2.05) is 50.2 Å². The molecule has 11 nitrogen and oxygen atoms in total. The summed E-state index contributed by atoms with van der Waals surface area (Å²) in [5.41, 5.74) is 7.76. The van der Waals surface area contributed by atoms with Crippen molar-refractivity contribution < 1.29 is 23.4 Å². The maximum absolute atomic E-state index is 14.1. The number of rotatable bonds is 12. The third-order valence-corrected chi connectivity index (χ3v) is 11.4. The van der Waals surface area contributed by atoms with Gasteiger partial charge >= 0.3 is 5.97 Å².